The van der Waals surface area contributed by atoms with Crippen LogP contribution < -0.4 is 10.2 Å². The van der Waals surface area contributed by atoms with E-state index in [1.807, 2.05) is 6.07 Å². The number of hydrogen-bond acceptors (Lipinski definition) is 4. The fraction of sp³-hybridized carbons (Fsp3) is 0.474. The lowest BCUT2D eigenvalue weighted by atomic mass is 9.86. The summed E-state index contributed by atoms with van der Waals surface area (Å²) in [6.07, 6.45) is 4.71. The van der Waals surface area contributed by atoms with E-state index >= 15 is 0 Å². The lowest BCUT2D eigenvalue weighted by Gasteiger charge is -2.30. The van der Waals surface area contributed by atoms with Gasteiger partial charge >= 0.3 is 0 Å². The van der Waals surface area contributed by atoms with Gasteiger partial charge in [-0.05, 0) is 30.9 Å². The molecule has 2 aliphatic rings. The van der Waals surface area contributed by atoms with Gasteiger partial charge in [-0.25, -0.2) is 0 Å². The van der Waals surface area contributed by atoms with Gasteiger partial charge in [-0.15, -0.1) is 0 Å². The highest BCUT2D eigenvalue weighted by atomic mass is 16.5. The van der Waals surface area contributed by atoms with Crippen molar-refractivity contribution in [2.75, 3.05) is 31.2 Å². The van der Waals surface area contributed by atoms with Crippen molar-refractivity contribution in [1.82, 2.24) is 15.5 Å². The summed E-state index contributed by atoms with van der Waals surface area (Å²) >= 11 is 0. The van der Waals surface area contributed by atoms with E-state index in [0.29, 0.717) is 6.54 Å². The van der Waals surface area contributed by atoms with Crippen molar-refractivity contribution >= 4 is 11.6 Å². The molecule has 1 atom stereocenters. The summed E-state index contributed by atoms with van der Waals surface area (Å²) in [5.41, 5.74) is 4.52. The largest absolute Gasteiger partial charge is 0.378 e. The first kappa shape index (κ1) is 16.1. The van der Waals surface area contributed by atoms with Crippen LogP contribution in [0.3, 0.4) is 0 Å². The standard InChI is InChI=1S/C19H24N4O2/c24-19(15-5-3-6-17-16(15)13-21-22-17)20-12-14-4-1-2-7-18(14)23-8-10-25-11-9-23/h1-2,4,7,13,15H,3,5-6,8-12H2,(H,20,24)(H,21,22). The lowest BCUT2D eigenvalue weighted by Crippen LogP contribution is -2.37. The van der Waals surface area contributed by atoms with Crippen LogP contribution in [0, 0.1) is 0 Å². The number of carbonyl (C=O) groups is 1. The summed E-state index contributed by atoms with van der Waals surface area (Å²) in [5.74, 6) is 0.0113. The number of morpholine rings is 1. The second-order valence-electron chi connectivity index (χ2n) is 6.69. The number of H-pyrrole nitrogens is 1. The van der Waals surface area contributed by atoms with Gasteiger partial charge in [0.15, 0.2) is 0 Å². The van der Waals surface area contributed by atoms with E-state index in [1.165, 1.54) is 5.69 Å². The highest BCUT2D eigenvalue weighted by molar-refractivity contribution is 5.84. The monoisotopic (exact) mass is 340 g/mol. The van der Waals surface area contributed by atoms with Crippen LogP contribution in [0.1, 0.15) is 35.6 Å². The van der Waals surface area contributed by atoms with Gasteiger partial charge < -0.3 is 15.0 Å². The number of aromatic nitrogens is 2. The zero-order valence-corrected chi connectivity index (χ0v) is 14.3. The SMILES string of the molecule is O=C(NCc1ccccc1N1CCOCC1)C1CCCc2[nH]ncc21. The Balaban J connectivity index is 1.45. The molecule has 6 heteroatoms. The fourth-order valence-corrected chi connectivity index (χ4v) is 3.81. The van der Waals surface area contributed by atoms with E-state index in [0.717, 1.165) is 62.4 Å². The van der Waals surface area contributed by atoms with Crippen LogP contribution >= 0.6 is 0 Å². The zero-order valence-electron chi connectivity index (χ0n) is 14.3. The Morgan fingerprint density at radius 1 is 1.32 bits per heavy atom. The van der Waals surface area contributed by atoms with Crippen molar-refractivity contribution in [2.45, 2.75) is 31.7 Å². The Morgan fingerprint density at radius 2 is 2.16 bits per heavy atom. The normalized spacial score (nSPS) is 20.2. The number of benzene rings is 1. The quantitative estimate of drug-likeness (QED) is 0.893. The molecule has 0 radical (unpaired) electrons. The van der Waals surface area contributed by atoms with Crippen LogP contribution in [-0.4, -0.2) is 42.4 Å². The Morgan fingerprint density at radius 3 is 3.04 bits per heavy atom. The first-order valence-electron chi connectivity index (χ1n) is 9.03. The highest BCUT2D eigenvalue weighted by Gasteiger charge is 2.28. The van der Waals surface area contributed by atoms with Crippen molar-refractivity contribution in [2.24, 2.45) is 0 Å². The van der Waals surface area contributed by atoms with E-state index in [4.69, 9.17) is 4.74 Å². The average molecular weight is 340 g/mol. The minimum atomic E-state index is -0.0851. The molecule has 4 rings (SSSR count). The van der Waals surface area contributed by atoms with E-state index < -0.39 is 0 Å². The number of para-hydroxylation sites is 1. The summed E-state index contributed by atoms with van der Waals surface area (Å²) in [4.78, 5) is 15.1. The van der Waals surface area contributed by atoms with E-state index in [9.17, 15) is 4.79 Å². The second kappa shape index (κ2) is 7.27. The third-order valence-corrected chi connectivity index (χ3v) is 5.16. The molecule has 1 saturated heterocycles. The number of rotatable bonds is 4. The summed E-state index contributed by atoms with van der Waals surface area (Å²) in [5, 5.41) is 10.3. The van der Waals surface area contributed by atoms with Gasteiger partial charge in [-0.2, -0.15) is 5.10 Å². The molecule has 1 amide bonds. The second-order valence-corrected chi connectivity index (χ2v) is 6.69. The van der Waals surface area contributed by atoms with Crippen LogP contribution in [0.2, 0.25) is 0 Å². The summed E-state index contributed by atoms with van der Waals surface area (Å²) < 4.78 is 5.44. The zero-order chi connectivity index (χ0) is 17.1. The van der Waals surface area contributed by atoms with Gasteiger partial charge in [0.25, 0.3) is 0 Å². The Bertz CT molecular complexity index is 737. The molecule has 0 bridgehead atoms. The van der Waals surface area contributed by atoms with Crippen LogP contribution in [0.25, 0.3) is 0 Å². The van der Waals surface area contributed by atoms with Gasteiger partial charge in [-0.1, -0.05) is 18.2 Å². The molecule has 6 nitrogen and oxygen atoms in total. The number of amides is 1. The van der Waals surface area contributed by atoms with E-state index in [2.05, 4.69) is 38.6 Å². The third-order valence-electron chi connectivity index (χ3n) is 5.16. The molecule has 2 N–H and O–H groups in total. The molecule has 132 valence electrons. The fourth-order valence-electron chi connectivity index (χ4n) is 3.81. The van der Waals surface area contributed by atoms with Crippen LogP contribution in [0.5, 0.6) is 0 Å². The van der Waals surface area contributed by atoms with Gasteiger partial charge in [0, 0.05) is 36.6 Å². The number of nitrogens with one attached hydrogen (secondary N) is 2. The Hall–Kier alpha value is -2.34. The molecule has 2 heterocycles. The average Bonchev–Trinajstić information content (AvgIpc) is 3.16. The summed E-state index contributed by atoms with van der Waals surface area (Å²) in [6.45, 7) is 3.85. The molecule has 0 saturated carbocycles. The van der Waals surface area contributed by atoms with Crippen LogP contribution in [0.15, 0.2) is 30.5 Å². The summed E-state index contributed by atoms with van der Waals surface area (Å²) in [6, 6.07) is 8.30. The molecule has 2 aromatic rings. The van der Waals surface area contributed by atoms with Crippen molar-refractivity contribution in [3.8, 4) is 0 Å². The number of ether oxygens (including phenoxy) is 1. The number of anilines is 1. The smallest absolute Gasteiger partial charge is 0.227 e. The predicted molar refractivity (Wildman–Crippen MR) is 95.6 cm³/mol. The molecule has 1 unspecified atom stereocenters. The minimum absolute atomic E-state index is 0.0851. The van der Waals surface area contributed by atoms with Gasteiger partial charge in [0.05, 0.1) is 25.3 Å². The van der Waals surface area contributed by atoms with Crippen molar-refractivity contribution in [1.29, 1.82) is 0 Å². The molecule has 1 aliphatic heterocycles. The molecule has 1 aliphatic carbocycles. The summed E-state index contributed by atoms with van der Waals surface area (Å²) in [7, 11) is 0. The highest BCUT2D eigenvalue weighted by Crippen LogP contribution is 2.30. The predicted octanol–water partition coefficient (Wildman–Crippen LogP) is 1.98. The van der Waals surface area contributed by atoms with Crippen molar-refractivity contribution in [3.63, 3.8) is 0 Å². The Kier molecular flexibility index (Phi) is 4.70. The molecular formula is C19H24N4O2. The molecule has 0 spiro atoms. The number of aryl methyl sites for hydroxylation is 1. The maximum Gasteiger partial charge on any atom is 0.227 e. The number of hydrogen-bond donors (Lipinski definition) is 2. The minimum Gasteiger partial charge on any atom is -0.378 e. The van der Waals surface area contributed by atoms with Gasteiger partial charge in [0.1, 0.15) is 0 Å². The van der Waals surface area contributed by atoms with E-state index in [1.54, 1.807) is 6.20 Å². The molecule has 25 heavy (non-hydrogen) atoms. The molecule has 1 aromatic carbocycles. The van der Waals surface area contributed by atoms with Gasteiger partial charge in [0.2, 0.25) is 5.91 Å². The van der Waals surface area contributed by atoms with Crippen molar-refractivity contribution in [3.05, 3.63) is 47.3 Å². The van der Waals surface area contributed by atoms with E-state index in [-0.39, 0.29) is 11.8 Å². The Labute approximate surface area is 147 Å². The number of carbonyl (C=O) groups excluding carboxylic acids is 1. The number of aromatic amines is 1. The van der Waals surface area contributed by atoms with Crippen LogP contribution in [0.4, 0.5) is 5.69 Å². The van der Waals surface area contributed by atoms with Gasteiger partial charge in [-0.3, -0.25) is 9.89 Å². The van der Waals surface area contributed by atoms with Crippen LogP contribution in [-0.2, 0) is 22.5 Å². The third kappa shape index (κ3) is 3.39. The first-order chi connectivity index (χ1) is 12.3. The molecule has 1 fully saturated rings. The topological polar surface area (TPSA) is 70.2 Å². The number of fused-ring (bicyclic) bond motifs is 1. The number of nitrogens with zero attached hydrogens (tertiary/aromatic N) is 2. The molecular weight excluding hydrogens is 316 g/mol. The first-order valence-corrected chi connectivity index (χ1v) is 9.03. The van der Waals surface area contributed by atoms with Crippen molar-refractivity contribution < 1.29 is 9.53 Å². The maximum atomic E-state index is 12.7. The molecule has 1 aromatic heterocycles. The lowest BCUT2D eigenvalue weighted by molar-refractivity contribution is -0.123. The maximum absolute atomic E-state index is 12.7.